The van der Waals surface area contributed by atoms with Crippen LogP contribution in [-0.4, -0.2) is 22.2 Å². The fourth-order valence-corrected chi connectivity index (χ4v) is 2.21. The summed E-state index contributed by atoms with van der Waals surface area (Å²) >= 11 is 0. The third kappa shape index (κ3) is 2.63. The molecule has 0 radical (unpaired) electrons. The molecule has 0 aliphatic rings. The van der Waals surface area contributed by atoms with E-state index in [9.17, 15) is 4.79 Å². The molecule has 1 aromatic carbocycles. The van der Waals surface area contributed by atoms with Crippen molar-refractivity contribution < 1.29 is 14.6 Å². The Bertz CT molecular complexity index is 599. The van der Waals surface area contributed by atoms with Crippen molar-refractivity contribution in [1.29, 1.82) is 0 Å². The first-order valence-corrected chi connectivity index (χ1v) is 6.49. The summed E-state index contributed by atoms with van der Waals surface area (Å²) in [5.74, 6) is -0.901. The first kappa shape index (κ1) is 13.6. The zero-order valence-electron chi connectivity index (χ0n) is 11.5. The molecule has 19 heavy (non-hydrogen) atoms. The van der Waals surface area contributed by atoms with Crippen molar-refractivity contribution in [3.05, 3.63) is 35.5 Å². The first-order chi connectivity index (χ1) is 9.04. The molecule has 0 amide bonds. The predicted molar refractivity (Wildman–Crippen MR) is 74.6 cm³/mol. The highest BCUT2D eigenvalue weighted by molar-refractivity contribution is 5.95. The van der Waals surface area contributed by atoms with E-state index in [2.05, 4.69) is 24.6 Å². The molecule has 1 N–H and O–H groups in total. The largest absolute Gasteiger partial charge is 0.478 e. The Morgan fingerprint density at radius 1 is 1.42 bits per heavy atom. The normalized spacial score (nSPS) is 11.4. The van der Waals surface area contributed by atoms with Crippen LogP contribution in [0, 0.1) is 0 Å². The molecular formula is C15H19NO3. The lowest BCUT2D eigenvalue weighted by Gasteiger charge is -2.08. The lowest BCUT2D eigenvalue weighted by molar-refractivity contribution is 0.0697. The summed E-state index contributed by atoms with van der Waals surface area (Å²) in [6, 6.07) is 5.57. The van der Waals surface area contributed by atoms with Crippen LogP contribution in [0.1, 0.15) is 42.7 Å². The van der Waals surface area contributed by atoms with Crippen molar-refractivity contribution >= 4 is 16.9 Å². The van der Waals surface area contributed by atoms with E-state index >= 15 is 0 Å². The minimum atomic E-state index is -0.901. The lowest BCUT2D eigenvalue weighted by Crippen LogP contribution is -1.99. The van der Waals surface area contributed by atoms with Crippen LogP contribution in [-0.2, 0) is 11.3 Å². The molecule has 1 heterocycles. The van der Waals surface area contributed by atoms with E-state index in [0.29, 0.717) is 24.8 Å². The number of hydrogen-bond acceptors (Lipinski definition) is 2. The zero-order chi connectivity index (χ0) is 14.0. The summed E-state index contributed by atoms with van der Waals surface area (Å²) in [4.78, 5) is 11.1. The summed E-state index contributed by atoms with van der Waals surface area (Å²) in [7, 11) is 0. The molecule has 1 aromatic heterocycles. The number of carboxylic acid groups (broad SMARTS) is 1. The zero-order valence-corrected chi connectivity index (χ0v) is 11.5. The van der Waals surface area contributed by atoms with Crippen LogP contribution < -0.4 is 0 Å². The van der Waals surface area contributed by atoms with Gasteiger partial charge in [-0.05, 0) is 39.0 Å². The Labute approximate surface area is 112 Å². The second-order valence-electron chi connectivity index (χ2n) is 4.83. The van der Waals surface area contributed by atoms with Crippen LogP contribution in [0.2, 0.25) is 0 Å². The summed E-state index contributed by atoms with van der Waals surface area (Å²) in [6.07, 6.45) is 2.05. The summed E-state index contributed by atoms with van der Waals surface area (Å²) < 4.78 is 7.61. The smallest absolute Gasteiger partial charge is 0.335 e. The quantitative estimate of drug-likeness (QED) is 0.896. The maximum absolute atomic E-state index is 11.1. The van der Waals surface area contributed by atoms with Gasteiger partial charge in [0.2, 0.25) is 0 Å². The maximum Gasteiger partial charge on any atom is 0.335 e. The Morgan fingerprint density at radius 3 is 2.74 bits per heavy atom. The minimum Gasteiger partial charge on any atom is -0.478 e. The van der Waals surface area contributed by atoms with E-state index in [1.807, 2.05) is 13.0 Å². The SMILES string of the molecule is CCOCc1cn(C(C)C)c2ccc(C(=O)O)cc12. The lowest BCUT2D eigenvalue weighted by atomic mass is 10.1. The van der Waals surface area contributed by atoms with Gasteiger partial charge >= 0.3 is 5.97 Å². The number of nitrogens with zero attached hydrogens (tertiary/aromatic N) is 1. The predicted octanol–water partition coefficient (Wildman–Crippen LogP) is 3.46. The van der Waals surface area contributed by atoms with Crippen LogP contribution in [0.15, 0.2) is 24.4 Å². The number of ether oxygens (including phenoxy) is 1. The van der Waals surface area contributed by atoms with E-state index in [1.165, 1.54) is 0 Å². The molecule has 0 atom stereocenters. The van der Waals surface area contributed by atoms with Crippen molar-refractivity contribution in [2.45, 2.75) is 33.4 Å². The Balaban J connectivity index is 2.58. The molecule has 4 nitrogen and oxygen atoms in total. The molecule has 0 fully saturated rings. The Hall–Kier alpha value is -1.81. The third-order valence-electron chi connectivity index (χ3n) is 3.18. The van der Waals surface area contributed by atoms with Crippen LogP contribution in [0.3, 0.4) is 0 Å². The molecule has 4 heteroatoms. The molecule has 2 aromatic rings. The van der Waals surface area contributed by atoms with E-state index in [1.54, 1.807) is 12.1 Å². The second-order valence-corrected chi connectivity index (χ2v) is 4.83. The number of carbonyl (C=O) groups is 1. The minimum absolute atomic E-state index is 0.312. The van der Waals surface area contributed by atoms with Crippen molar-refractivity contribution in [3.63, 3.8) is 0 Å². The summed E-state index contributed by atoms with van der Waals surface area (Å²) in [5.41, 5.74) is 2.40. The van der Waals surface area contributed by atoms with Gasteiger partial charge in [-0.15, -0.1) is 0 Å². The first-order valence-electron chi connectivity index (χ1n) is 6.49. The molecule has 0 saturated heterocycles. The van der Waals surface area contributed by atoms with E-state index < -0.39 is 5.97 Å². The molecule has 0 aliphatic carbocycles. The number of aromatic nitrogens is 1. The summed E-state index contributed by atoms with van der Waals surface area (Å²) in [5, 5.41) is 10.0. The highest BCUT2D eigenvalue weighted by Crippen LogP contribution is 2.26. The van der Waals surface area contributed by atoms with Gasteiger partial charge in [0.05, 0.1) is 12.2 Å². The highest BCUT2D eigenvalue weighted by Gasteiger charge is 2.13. The van der Waals surface area contributed by atoms with Gasteiger partial charge in [0.15, 0.2) is 0 Å². The number of benzene rings is 1. The van der Waals surface area contributed by atoms with Crippen molar-refractivity contribution in [2.75, 3.05) is 6.61 Å². The van der Waals surface area contributed by atoms with E-state index in [0.717, 1.165) is 16.5 Å². The highest BCUT2D eigenvalue weighted by atomic mass is 16.5. The number of carboxylic acids is 1. The number of aromatic carboxylic acids is 1. The van der Waals surface area contributed by atoms with E-state index in [4.69, 9.17) is 9.84 Å². The second kappa shape index (κ2) is 5.45. The third-order valence-corrected chi connectivity index (χ3v) is 3.18. The van der Waals surface area contributed by atoms with Crippen molar-refractivity contribution in [2.24, 2.45) is 0 Å². The topological polar surface area (TPSA) is 51.5 Å². The molecule has 0 bridgehead atoms. The number of fused-ring (bicyclic) bond motifs is 1. The monoisotopic (exact) mass is 261 g/mol. The fourth-order valence-electron chi connectivity index (χ4n) is 2.21. The number of hydrogen-bond donors (Lipinski definition) is 1. The molecular weight excluding hydrogens is 242 g/mol. The molecule has 0 spiro atoms. The fraction of sp³-hybridized carbons (Fsp3) is 0.400. The van der Waals surface area contributed by atoms with Crippen molar-refractivity contribution in [3.8, 4) is 0 Å². The molecule has 102 valence electrons. The Morgan fingerprint density at radius 2 is 2.16 bits per heavy atom. The molecule has 2 rings (SSSR count). The van der Waals surface area contributed by atoms with Gasteiger partial charge in [0, 0.05) is 35.3 Å². The number of rotatable bonds is 5. The van der Waals surface area contributed by atoms with Gasteiger partial charge in [-0.3, -0.25) is 0 Å². The van der Waals surface area contributed by atoms with E-state index in [-0.39, 0.29) is 0 Å². The van der Waals surface area contributed by atoms with Gasteiger partial charge in [0.1, 0.15) is 0 Å². The van der Waals surface area contributed by atoms with Crippen molar-refractivity contribution in [1.82, 2.24) is 4.57 Å². The average Bonchev–Trinajstić information content (AvgIpc) is 2.74. The van der Waals surface area contributed by atoms with Crippen LogP contribution in [0.4, 0.5) is 0 Å². The van der Waals surface area contributed by atoms with Gasteiger partial charge < -0.3 is 14.4 Å². The molecule has 0 aliphatic heterocycles. The van der Waals surface area contributed by atoms with Crippen LogP contribution in [0.25, 0.3) is 10.9 Å². The van der Waals surface area contributed by atoms with Gasteiger partial charge in [-0.25, -0.2) is 4.79 Å². The molecule has 0 saturated carbocycles. The van der Waals surface area contributed by atoms with Crippen LogP contribution in [0.5, 0.6) is 0 Å². The van der Waals surface area contributed by atoms with Gasteiger partial charge in [-0.1, -0.05) is 0 Å². The maximum atomic E-state index is 11.1. The van der Waals surface area contributed by atoms with Gasteiger partial charge in [0.25, 0.3) is 0 Å². The standard InChI is InChI=1S/C15H19NO3/c1-4-19-9-12-8-16(10(2)3)14-6-5-11(15(17)18)7-13(12)14/h5-8,10H,4,9H2,1-3H3,(H,17,18). The van der Waals surface area contributed by atoms with Gasteiger partial charge in [-0.2, -0.15) is 0 Å². The van der Waals surface area contributed by atoms with Crippen LogP contribution >= 0.6 is 0 Å². The Kier molecular flexibility index (Phi) is 3.90. The summed E-state index contributed by atoms with van der Waals surface area (Å²) in [6.45, 7) is 7.32. The molecule has 0 unspecified atom stereocenters. The average molecular weight is 261 g/mol.